The van der Waals surface area contributed by atoms with Crippen molar-refractivity contribution in [2.24, 2.45) is 5.92 Å². The number of hydrogen-bond acceptors (Lipinski definition) is 5. The molecule has 4 rings (SSSR count). The lowest BCUT2D eigenvalue weighted by atomic mass is 9.68. The Labute approximate surface area is 173 Å². The van der Waals surface area contributed by atoms with E-state index in [1.54, 1.807) is 0 Å². The number of rotatable bonds is 5. The summed E-state index contributed by atoms with van der Waals surface area (Å²) in [5, 5.41) is 21.0. The summed E-state index contributed by atoms with van der Waals surface area (Å²) in [7, 11) is -4.20. The number of sulfonamides is 1. The molecule has 2 aromatic carbocycles. The Hall–Kier alpha value is -2.98. The van der Waals surface area contributed by atoms with Gasteiger partial charge in [0.05, 0.1) is 10.5 Å². The third kappa shape index (κ3) is 3.21. The van der Waals surface area contributed by atoms with Crippen LogP contribution in [0.1, 0.15) is 12.0 Å². The van der Waals surface area contributed by atoms with Crippen molar-refractivity contribution in [2.45, 2.75) is 23.3 Å². The maximum absolute atomic E-state index is 13.5. The second-order valence-corrected chi connectivity index (χ2v) is 9.55. The van der Waals surface area contributed by atoms with Gasteiger partial charge in [0.15, 0.2) is 4.90 Å². The summed E-state index contributed by atoms with van der Waals surface area (Å²) in [4.78, 5) is 23.3. The van der Waals surface area contributed by atoms with Crippen LogP contribution in [0.2, 0.25) is 0 Å². The predicted molar refractivity (Wildman–Crippen MR) is 108 cm³/mol. The Kier molecular flexibility index (Phi) is 4.99. The van der Waals surface area contributed by atoms with Crippen LogP contribution in [0.3, 0.4) is 0 Å². The predicted octanol–water partition coefficient (Wildman–Crippen LogP) is 2.58. The Morgan fingerprint density at radius 2 is 1.83 bits per heavy atom. The number of amides is 1. The topological polar surface area (TPSA) is 121 Å². The molecule has 2 aliphatic heterocycles. The molecule has 1 N–H and O–H groups in total. The van der Waals surface area contributed by atoms with Crippen molar-refractivity contribution in [3.63, 3.8) is 0 Å². The molecule has 10 heteroatoms. The van der Waals surface area contributed by atoms with Gasteiger partial charge in [0.1, 0.15) is 0 Å². The molecule has 2 fully saturated rings. The molecular formula is C20H21N3O6S. The standard InChI is InChI=1S/C20H21N3O6S/c24-19(25)21-11-10-16-13-22(20(16,14-21)12-15-6-2-1-3-7-15)30(28,29)18-9-5-4-8-17(18)23(26)27/h1-9,16H,10-14H2,(H,24,25). The first-order valence-corrected chi connectivity index (χ1v) is 11.0. The van der Waals surface area contributed by atoms with Crippen LogP contribution in [0.15, 0.2) is 59.5 Å². The maximum atomic E-state index is 13.5. The van der Waals surface area contributed by atoms with Crippen LogP contribution in [0, 0.1) is 16.0 Å². The summed E-state index contributed by atoms with van der Waals surface area (Å²) >= 11 is 0. The lowest BCUT2D eigenvalue weighted by molar-refractivity contribution is -0.387. The second-order valence-electron chi connectivity index (χ2n) is 7.72. The van der Waals surface area contributed by atoms with Gasteiger partial charge < -0.3 is 10.0 Å². The summed E-state index contributed by atoms with van der Waals surface area (Å²) in [6.07, 6.45) is -0.222. The zero-order valence-corrected chi connectivity index (χ0v) is 16.9. The van der Waals surface area contributed by atoms with Crippen molar-refractivity contribution in [3.8, 4) is 0 Å². The molecule has 0 bridgehead atoms. The highest BCUT2D eigenvalue weighted by Gasteiger charge is 2.61. The van der Waals surface area contributed by atoms with Crippen LogP contribution in [0.5, 0.6) is 0 Å². The molecule has 0 aromatic heterocycles. The molecule has 2 saturated heterocycles. The molecule has 2 unspecified atom stereocenters. The van der Waals surface area contributed by atoms with Crippen molar-refractivity contribution >= 4 is 21.8 Å². The largest absolute Gasteiger partial charge is 0.465 e. The number of fused-ring (bicyclic) bond motifs is 1. The van der Waals surface area contributed by atoms with E-state index >= 15 is 0 Å². The van der Waals surface area contributed by atoms with E-state index in [1.807, 2.05) is 30.3 Å². The van der Waals surface area contributed by atoms with Gasteiger partial charge in [-0.05, 0) is 30.4 Å². The van der Waals surface area contributed by atoms with Gasteiger partial charge in [-0.3, -0.25) is 10.1 Å². The van der Waals surface area contributed by atoms with Crippen LogP contribution in [0.4, 0.5) is 10.5 Å². The van der Waals surface area contributed by atoms with E-state index in [0.717, 1.165) is 5.56 Å². The first kappa shape index (κ1) is 20.3. The Balaban J connectivity index is 1.79. The summed E-state index contributed by atoms with van der Waals surface area (Å²) < 4.78 is 28.3. The highest BCUT2D eigenvalue weighted by atomic mass is 32.2. The van der Waals surface area contributed by atoms with Gasteiger partial charge in [0.2, 0.25) is 0 Å². The van der Waals surface area contributed by atoms with E-state index in [1.165, 1.54) is 33.5 Å². The number of nitrogens with zero attached hydrogens (tertiary/aromatic N) is 3. The lowest BCUT2D eigenvalue weighted by Gasteiger charge is -2.61. The van der Waals surface area contributed by atoms with Gasteiger partial charge in [-0.1, -0.05) is 42.5 Å². The van der Waals surface area contributed by atoms with Gasteiger partial charge in [0, 0.05) is 25.7 Å². The van der Waals surface area contributed by atoms with Crippen LogP contribution < -0.4 is 0 Å². The first-order valence-electron chi connectivity index (χ1n) is 9.54. The molecule has 0 aliphatic carbocycles. The lowest BCUT2D eigenvalue weighted by Crippen LogP contribution is -2.76. The fourth-order valence-electron chi connectivity index (χ4n) is 4.62. The number of nitro benzene ring substituents is 1. The average molecular weight is 431 g/mol. The van der Waals surface area contributed by atoms with Crippen molar-refractivity contribution in [3.05, 3.63) is 70.3 Å². The summed E-state index contributed by atoms with van der Waals surface area (Å²) in [5.74, 6) is -0.0224. The van der Waals surface area contributed by atoms with E-state index in [9.17, 15) is 28.4 Å². The van der Waals surface area contributed by atoms with Gasteiger partial charge in [0.25, 0.3) is 15.7 Å². The molecule has 2 aromatic rings. The monoisotopic (exact) mass is 431 g/mol. The minimum Gasteiger partial charge on any atom is -0.465 e. The van der Waals surface area contributed by atoms with Crippen molar-refractivity contribution in [1.29, 1.82) is 0 Å². The summed E-state index contributed by atoms with van der Waals surface area (Å²) in [5.41, 5.74) is -0.570. The molecule has 1 amide bonds. The number of piperidine rings is 1. The second kappa shape index (κ2) is 7.37. The number of nitro groups is 1. The van der Waals surface area contributed by atoms with Gasteiger partial charge in [-0.25, -0.2) is 13.2 Å². The van der Waals surface area contributed by atoms with Gasteiger partial charge in [-0.2, -0.15) is 4.31 Å². The number of carboxylic acid groups (broad SMARTS) is 1. The van der Waals surface area contributed by atoms with E-state index in [2.05, 4.69) is 0 Å². The van der Waals surface area contributed by atoms with Gasteiger partial charge >= 0.3 is 6.09 Å². The van der Waals surface area contributed by atoms with Crippen molar-refractivity contribution in [2.75, 3.05) is 19.6 Å². The van der Waals surface area contributed by atoms with Crippen LogP contribution in [-0.2, 0) is 16.4 Å². The molecule has 0 radical (unpaired) electrons. The van der Waals surface area contributed by atoms with Crippen LogP contribution >= 0.6 is 0 Å². The SMILES string of the molecule is O=C(O)N1CCC2CN(S(=O)(=O)c3ccccc3[N+](=O)[O-])C2(Cc2ccccc2)C1. The highest BCUT2D eigenvalue weighted by molar-refractivity contribution is 7.89. The molecular weight excluding hydrogens is 410 g/mol. The number of likely N-dealkylation sites (tertiary alicyclic amines) is 1. The van der Waals surface area contributed by atoms with Gasteiger partial charge in [-0.15, -0.1) is 0 Å². The average Bonchev–Trinajstić information content (AvgIpc) is 2.71. The zero-order valence-electron chi connectivity index (χ0n) is 16.0. The zero-order chi connectivity index (χ0) is 21.5. The molecule has 158 valence electrons. The first-order chi connectivity index (χ1) is 14.3. The fourth-order valence-corrected chi connectivity index (χ4v) is 6.64. The van der Waals surface area contributed by atoms with Crippen molar-refractivity contribution < 1.29 is 23.2 Å². The molecule has 2 heterocycles. The van der Waals surface area contributed by atoms with Crippen LogP contribution in [-0.4, -0.2) is 58.9 Å². The number of carbonyl (C=O) groups is 1. The smallest absolute Gasteiger partial charge is 0.407 e. The quantitative estimate of drug-likeness (QED) is 0.574. The Morgan fingerprint density at radius 1 is 1.17 bits per heavy atom. The number of hydrogen-bond donors (Lipinski definition) is 1. The molecule has 0 spiro atoms. The Bertz CT molecular complexity index is 1090. The molecule has 30 heavy (non-hydrogen) atoms. The molecule has 9 nitrogen and oxygen atoms in total. The maximum Gasteiger partial charge on any atom is 0.407 e. The molecule has 2 aliphatic rings. The van der Waals surface area contributed by atoms with Crippen LogP contribution in [0.25, 0.3) is 0 Å². The van der Waals surface area contributed by atoms with Crippen molar-refractivity contribution in [1.82, 2.24) is 9.21 Å². The third-order valence-corrected chi connectivity index (χ3v) is 8.10. The van der Waals surface area contributed by atoms with E-state index in [-0.39, 0.29) is 23.9 Å². The normalized spacial score (nSPS) is 24.0. The Morgan fingerprint density at radius 3 is 2.50 bits per heavy atom. The minimum atomic E-state index is -4.20. The summed E-state index contributed by atoms with van der Waals surface area (Å²) in [6, 6.07) is 14.6. The van der Waals surface area contributed by atoms with E-state index in [4.69, 9.17) is 0 Å². The minimum absolute atomic E-state index is 0.0224. The van der Waals surface area contributed by atoms with E-state index < -0.39 is 32.3 Å². The number of benzene rings is 2. The highest BCUT2D eigenvalue weighted by Crippen LogP contribution is 2.48. The third-order valence-electron chi connectivity index (χ3n) is 6.11. The molecule has 2 atom stereocenters. The molecule has 0 saturated carbocycles. The van der Waals surface area contributed by atoms with E-state index in [0.29, 0.717) is 19.4 Å². The summed E-state index contributed by atoms with van der Waals surface area (Å²) in [6.45, 7) is 0.590. The fraction of sp³-hybridized carbons (Fsp3) is 0.350. The number of para-hydroxylation sites is 1.